The van der Waals surface area contributed by atoms with Gasteiger partial charge in [0.25, 0.3) is 0 Å². The highest BCUT2D eigenvalue weighted by Gasteiger charge is 2.03. The smallest absolute Gasteiger partial charge is 0.0453 e. The van der Waals surface area contributed by atoms with Crippen molar-refractivity contribution in [2.24, 2.45) is 0 Å². The SMILES string of the molecule is CC[C@@H](C#Cc1ccc(N)cc1)c1ccccc1. The minimum absolute atomic E-state index is 0.295. The second-order valence-electron chi connectivity index (χ2n) is 4.26. The highest BCUT2D eigenvalue weighted by Crippen LogP contribution is 2.18. The molecule has 2 N–H and O–H groups in total. The van der Waals surface area contributed by atoms with Crippen LogP contribution in [0, 0.1) is 11.8 Å². The number of nitrogen functional groups attached to an aromatic ring is 1. The van der Waals surface area contributed by atoms with Gasteiger partial charge >= 0.3 is 0 Å². The zero-order valence-electron chi connectivity index (χ0n) is 10.6. The zero-order valence-corrected chi connectivity index (χ0v) is 10.6. The summed E-state index contributed by atoms with van der Waals surface area (Å²) in [5.41, 5.74) is 8.72. The largest absolute Gasteiger partial charge is 0.399 e. The van der Waals surface area contributed by atoms with Crippen molar-refractivity contribution in [3.63, 3.8) is 0 Å². The lowest BCUT2D eigenvalue weighted by Gasteiger charge is -2.07. The van der Waals surface area contributed by atoms with Crippen molar-refractivity contribution in [3.8, 4) is 11.8 Å². The normalized spacial score (nSPS) is 11.4. The van der Waals surface area contributed by atoms with Gasteiger partial charge in [0.1, 0.15) is 0 Å². The molecule has 0 heterocycles. The third-order valence-corrected chi connectivity index (χ3v) is 2.91. The number of benzene rings is 2. The highest BCUT2D eigenvalue weighted by molar-refractivity contribution is 5.45. The molecule has 0 amide bonds. The molecule has 0 aliphatic rings. The maximum absolute atomic E-state index is 5.65. The van der Waals surface area contributed by atoms with Gasteiger partial charge in [0.2, 0.25) is 0 Å². The van der Waals surface area contributed by atoms with Gasteiger partial charge in [-0.3, -0.25) is 0 Å². The van der Waals surface area contributed by atoms with E-state index in [0.29, 0.717) is 5.92 Å². The van der Waals surface area contributed by atoms with E-state index in [0.717, 1.165) is 17.7 Å². The van der Waals surface area contributed by atoms with Crippen LogP contribution < -0.4 is 5.73 Å². The van der Waals surface area contributed by atoms with E-state index in [-0.39, 0.29) is 0 Å². The first kappa shape index (κ1) is 12.3. The molecule has 0 aliphatic carbocycles. The Balaban J connectivity index is 2.19. The van der Waals surface area contributed by atoms with Crippen molar-refractivity contribution < 1.29 is 0 Å². The van der Waals surface area contributed by atoms with E-state index in [2.05, 4.69) is 43.0 Å². The first-order chi connectivity index (χ1) is 8.79. The Morgan fingerprint density at radius 1 is 1.00 bits per heavy atom. The monoisotopic (exact) mass is 235 g/mol. The lowest BCUT2D eigenvalue weighted by Crippen LogP contribution is -1.93. The molecule has 2 aromatic carbocycles. The van der Waals surface area contributed by atoms with Crippen LogP contribution in [0.25, 0.3) is 0 Å². The molecule has 90 valence electrons. The molecule has 0 aliphatic heterocycles. The molecule has 1 nitrogen and oxygen atoms in total. The summed E-state index contributed by atoms with van der Waals surface area (Å²) in [7, 11) is 0. The van der Waals surface area contributed by atoms with Crippen molar-refractivity contribution >= 4 is 5.69 Å². The van der Waals surface area contributed by atoms with Crippen LogP contribution in [0.3, 0.4) is 0 Å². The Morgan fingerprint density at radius 2 is 1.67 bits per heavy atom. The molecular formula is C17H17N. The van der Waals surface area contributed by atoms with Crippen molar-refractivity contribution in [2.75, 3.05) is 5.73 Å². The fourth-order valence-corrected chi connectivity index (χ4v) is 1.84. The van der Waals surface area contributed by atoms with E-state index in [4.69, 9.17) is 5.73 Å². The van der Waals surface area contributed by atoms with Crippen molar-refractivity contribution in [3.05, 3.63) is 65.7 Å². The molecule has 0 fully saturated rings. The minimum atomic E-state index is 0.295. The van der Waals surface area contributed by atoms with Crippen molar-refractivity contribution in [2.45, 2.75) is 19.3 Å². The lowest BCUT2D eigenvalue weighted by molar-refractivity contribution is 0.830. The summed E-state index contributed by atoms with van der Waals surface area (Å²) in [6.45, 7) is 2.16. The fraction of sp³-hybridized carbons (Fsp3) is 0.176. The summed E-state index contributed by atoms with van der Waals surface area (Å²) in [6.07, 6.45) is 1.02. The Bertz CT molecular complexity index is 544. The molecular weight excluding hydrogens is 218 g/mol. The summed E-state index contributed by atoms with van der Waals surface area (Å²) >= 11 is 0. The summed E-state index contributed by atoms with van der Waals surface area (Å²) in [5.74, 6) is 6.84. The molecule has 0 aromatic heterocycles. The van der Waals surface area contributed by atoms with Crippen LogP contribution in [0.4, 0.5) is 5.69 Å². The molecule has 1 heteroatoms. The number of hydrogen-bond acceptors (Lipinski definition) is 1. The van der Waals surface area contributed by atoms with Gasteiger partial charge in [-0.05, 0) is 36.2 Å². The van der Waals surface area contributed by atoms with Gasteiger partial charge in [-0.15, -0.1) is 0 Å². The van der Waals surface area contributed by atoms with E-state index in [1.54, 1.807) is 0 Å². The highest BCUT2D eigenvalue weighted by atomic mass is 14.5. The Kier molecular flexibility index (Phi) is 4.04. The third kappa shape index (κ3) is 3.15. The topological polar surface area (TPSA) is 26.0 Å². The van der Waals surface area contributed by atoms with E-state index in [9.17, 15) is 0 Å². The molecule has 18 heavy (non-hydrogen) atoms. The van der Waals surface area contributed by atoms with Gasteiger partial charge in [0.15, 0.2) is 0 Å². The van der Waals surface area contributed by atoms with Crippen molar-refractivity contribution in [1.82, 2.24) is 0 Å². The van der Waals surface area contributed by atoms with Gasteiger partial charge in [0.05, 0.1) is 0 Å². The average Bonchev–Trinajstić information content (AvgIpc) is 2.43. The maximum Gasteiger partial charge on any atom is 0.0453 e. The average molecular weight is 235 g/mol. The maximum atomic E-state index is 5.65. The van der Waals surface area contributed by atoms with Crippen LogP contribution in [0.1, 0.15) is 30.4 Å². The van der Waals surface area contributed by atoms with Crippen LogP contribution in [0.2, 0.25) is 0 Å². The van der Waals surface area contributed by atoms with Crippen LogP contribution >= 0.6 is 0 Å². The van der Waals surface area contributed by atoms with Gasteiger partial charge < -0.3 is 5.73 Å². The lowest BCUT2D eigenvalue weighted by atomic mass is 9.97. The summed E-state index contributed by atoms with van der Waals surface area (Å²) < 4.78 is 0. The van der Waals surface area contributed by atoms with Crippen molar-refractivity contribution in [1.29, 1.82) is 0 Å². The number of nitrogens with two attached hydrogens (primary N) is 1. The fourth-order valence-electron chi connectivity index (χ4n) is 1.84. The molecule has 0 bridgehead atoms. The number of hydrogen-bond donors (Lipinski definition) is 1. The summed E-state index contributed by atoms with van der Waals surface area (Å²) in [4.78, 5) is 0. The first-order valence-electron chi connectivity index (χ1n) is 6.21. The predicted octanol–water partition coefficient (Wildman–Crippen LogP) is 3.81. The second-order valence-corrected chi connectivity index (χ2v) is 4.26. The molecule has 1 atom stereocenters. The minimum Gasteiger partial charge on any atom is -0.399 e. The molecule has 2 aromatic rings. The second kappa shape index (κ2) is 5.93. The Morgan fingerprint density at radius 3 is 2.28 bits per heavy atom. The number of anilines is 1. The summed E-state index contributed by atoms with van der Waals surface area (Å²) in [5, 5.41) is 0. The van der Waals surface area contributed by atoms with Crippen LogP contribution in [-0.4, -0.2) is 0 Å². The zero-order chi connectivity index (χ0) is 12.8. The predicted molar refractivity (Wildman–Crippen MR) is 77.2 cm³/mol. The van der Waals surface area contributed by atoms with Crippen LogP contribution in [0.15, 0.2) is 54.6 Å². The Labute approximate surface area is 109 Å². The number of rotatable bonds is 2. The van der Waals surface area contributed by atoms with E-state index < -0.39 is 0 Å². The molecule has 0 saturated carbocycles. The van der Waals surface area contributed by atoms with Gasteiger partial charge in [-0.1, -0.05) is 49.1 Å². The van der Waals surface area contributed by atoms with Gasteiger partial charge in [-0.2, -0.15) is 0 Å². The molecule has 0 saturated heterocycles. The van der Waals surface area contributed by atoms with E-state index >= 15 is 0 Å². The van der Waals surface area contributed by atoms with Gasteiger partial charge in [-0.25, -0.2) is 0 Å². The summed E-state index contributed by atoms with van der Waals surface area (Å²) in [6, 6.07) is 18.1. The standard InChI is InChI=1S/C17H17N/c1-2-15(16-6-4-3-5-7-16)11-8-14-9-12-17(18)13-10-14/h3-7,9-10,12-13,15H,2,18H2,1H3/t15-/m0/s1. The first-order valence-corrected chi connectivity index (χ1v) is 6.21. The van der Waals surface area contributed by atoms with Crippen LogP contribution in [-0.2, 0) is 0 Å². The van der Waals surface area contributed by atoms with Crippen LogP contribution in [0.5, 0.6) is 0 Å². The van der Waals surface area contributed by atoms with E-state index in [1.807, 2.05) is 30.3 Å². The van der Waals surface area contributed by atoms with E-state index in [1.165, 1.54) is 5.56 Å². The van der Waals surface area contributed by atoms with Gasteiger partial charge in [0, 0.05) is 17.2 Å². The molecule has 0 unspecified atom stereocenters. The molecule has 0 spiro atoms. The Hall–Kier alpha value is -2.20. The quantitative estimate of drug-likeness (QED) is 0.621. The molecule has 0 radical (unpaired) electrons. The molecule has 2 rings (SSSR count). The third-order valence-electron chi connectivity index (χ3n) is 2.91.